The maximum absolute atomic E-state index is 13.2. The number of carbonyl (C=O) groups is 2. The Morgan fingerprint density at radius 2 is 1.55 bits per heavy atom. The molecule has 7 nitrogen and oxygen atoms in total. The van der Waals surface area contributed by atoms with Crippen molar-refractivity contribution in [1.29, 1.82) is 0 Å². The van der Waals surface area contributed by atoms with E-state index in [-0.39, 0.29) is 34.0 Å². The van der Waals surface area contributed by atoms with E-state index in [0.717, 1.165) is 25.7 Å². The lowest BCUT2D eigenvalue weighted by Crippen LogP contribution is -2.29. The zero-order valence-corrected chi connectivity index (χ0v) is 16.8. The molecule has 4 N–H and O–H groups in total. The van der Waals surface area contributed by atoms with Crippen LogP contribution in [-0.2, 0) is 10.1 Å². The lowest BCUT2D eigenvalue weighted by Gasteiger charge is -2.30. The molecule has 0 spiro atoms. The lowest BCUT2D eigenvalue weighted by atomic mass is 9.81. The van der Waals surface area contributed by atoms with Gasteiger partial charge in [0.25, 0.3) is 10.1 Å². The number of rotatable bonds is 3. The molecule has 1 fully saturated rings. The molecule has 1 saturated carbocycles. The summed E-state index contributed by atoms with van der Waals surface area (Å²) in [6, 6.07) is 7.57. The minimum absolute atomic E-state index is 0.0354. The van der Waals surface area contributed by atoms with Gasteiger partial charge in [-0.3, -0.25) is 14.1 Å². The van der Waals surface area contributed by atoms with Crippen molar-refractivity contribution in [3.63, 3.8) is 0 Å². The summed E-state index contributed by atoms with van der Waals surface area (Å²) >= 11 is 0. The SMILES string of the molecule is CC1CCC(Nc2cc(S(=O)(=O)O)c(N)c3c2C(=O)c2ccccc2C3=O)CC1. The van der Waals surface area contributed by atoms with Crippen LogP contribution in [0.3, 0.4) is 0 Å². The number of benzene rings is 2. The fourth-order valence-electron chi connectivity index (χ4n) is 4.25. The maximum atomic E-state index is 13.2. The van der Waals surface area contributed by atoms with E-state index in [9.17, 15) is 22.6 Å². The highest BCUT2D eigenvalue weighted by Gasteiger charge is 2.37. The number of nitrogens with two attached hydrogens (primary N) is 1. The van der Waals surface area contributed by atoms with Gasteiger partial charge in [0.05, 0.1) is 16.8 Å². The van der Waals surface area contributed by atoms with E-state index in [1.54, 1.807) is 18.2 Å². The third-order valence-corrected chi connectivity index (χ3v) is 6.75. The van der Waals surface area contributed by atoms with Crippen LogP contribution in [0.25, 0.3) is 0 Å². The molecule has 0 bridgehead atoms. The van der Waals surface area contributed by atoms with E-state index < -0.39 is 32.3 Å². The minimum atomic E-state index is -4.69. The molecule has 152 valence electrons. The van der Waals surface area contributed by atoms with Crippen LogP contribution in [0.4, 0.5) is 11.4 Å². The van der Waals surface area contributed by atoms with Gasteiger partial charge >= 0.3 is 0 Å². The summed E-state index contributed by atoms with van der Waals surface area (Å²) in [6.45, 7) is 2.18. The van der Waals surface area contributed by atoms with Gasteiger partial charge in [-0.15, -0.1) is 0 Å². The molecule has 0 saturated heterocycles. The third-order valence-electron chi connectivity index (χ3n) is 5.85. The number of nitrogen functional groups attached to an aromatic ring is 1. The summed E-state index contributed by atoms with van der Waals surface area (Å²) in [4.78, 5) is 25.8. The molecule has 0 radical (unpaired) electrons. The molecule has 4 rings (SSSR count). The second-order valence-electron chi connectivity index (χ2n) is 7.87. The Balaban J connectivity index is 1.91. The molecule has 2 aliphatic rings. The van der Waals surface area contributed by atoms with Crippen LogP contribution in [0.2, 0.25) is 0 Å². The van der Waals surface area contributed by atoms with E-state index in [4.69, 9.17) is 5.73 Å². The first-order valence-electron chi connectivity index (χ1n) is 9.57. The molecule has 0 unspecified atom stereocenters. The molecule has 0 amide bonds. The Morgan fingerprint density at radius 1 is 1.00 bits per heavy atom. The summed E-state index contributed by atoms with van der Waals surface area (Å²) in [6.07, 6.45) is 3.74. The average Bonchev–Trinajstić information content (AvgIpc) is 2.68. The van der Waals surface area contributed by atoms with Crippen molar-refractivity contribution in [2.24, 2.45) is 5.92 Å². The van der Waals surface area contributed by atoms with Crippen molar-refractivity contribution in [3.05, 3.63) is 52.6 Å². The fraction of sp³-hybridized carbons (Fsp3) is 0.333. The van der Waals surface area contributed by atoms with Gasteiger partial charge in [-0.1, -0.05) is 31.2 Å². The number of ketones is 2. The van der Waals surface area contributed by atoms with E-state index >= 15 is 0 Å². The van der Waals surface area contributed by atoms with Gasteiger partial charge in [0.15, 0.2) is 11.6 Å². The number of nitrogens with one attached hydrogen (secondary N) is 1. The molecule has 2 aromatic rings. The Bertz CT molecular complexity index is 1130. The minimum Gasteiger partial charge on any atom is -0.397 e. The monoisotopic (exact) mass is 414 g/mol. The highest BCUT2D eigenvalue weighted by atomic mass is 32.2. The topological polar surface area (TPSA) is 127 Å². The quantitative estimate of drug-likeness (QED) is 0.443. The number of fused-ring (bicyclic) bond motifs is 2. The number of anilines is 2. The predicted octanol–water partition coefficient (Wildman–Crippen LogP) is 3.28. The Hall–Kier alpha value is -2.71. The lowest BCUT2D eigenvalue weighted by molar-refractivity contribution is 0.0980. The number of hydrogen-bond acceptors (Lipinski definition) is 6. The standard InChI is InChI=1S/C21H22N2O5S/c1-11-6-8-12(9-7-11)23-15-10-16(29(26,27)28)19(22)18-17(15)20(24)13-4-2-3-5-14(13)21(18)25/h2-5,10-12,23H,6-9,22H2,1H3,(H,26,27,28). The third kappa shape index (κ3) is 3.32. The van der Waals surface area contributed by atoms with Crippen LogP contribution in [-0.4, -0.2) is 30.6 Å². The Morgan fingerprint density at radius 3 is 2.10 bits per heavy atom. The van der Waals surface area contributed by atoms with Crippen molar-refractivity contribution in [2.75, 3.05) is 11.1 Å². The molecule has 2 aromatic carbocycles. The van der Waals surface area contributed by atoms with Crippen LogP contribution < -0.4 is 11.1 Å². The zero-order chi connectivity index (χ0) is 20.9. The van der Waals surface area contributed by atoms with Crippen molar-refractivity contribution < 1.29 is 22.6 Å². The predicted molar refractivity (Wildman–Crippen MR) is 109 cm³/mol. The first-order valence-corrected chi connectivity index (χ1v) is 11.0. The van der Waals surface area contributed by atoms with Crippen LogP contribution in [0, 0.1) is 5.92 Å². The molecule has 0 atom stereocenters. The molecule has 29 heavy (non-hydrogen) atoms. The normalized spacial score (nSPS) is 21.4. The van der Waals surface area contributed by atoms with Gasteiger partial charge in [0.2, 0.25) is 0 Å². The van der Waals surface area contributed by atoms with Crippen molar-refractivity contribution in [2.45, 2.75) is 43.5 Å². The summed E-state index contributed by atoms with van der Waals surface area (Å²) in [7, 11) is -4.69. The first kappa shape index (κ1) is 19.6. The molecule has 8 heteroatoms. The molecule has 0 heterocycles. The van der Waals surface area contributed by atoms with E-state index in [0.29, 0.717) is 5.92 Å². The summed E-state index contributed by atoms with van der Waals surface area (Å²) < 4.78 is 33.5. The van der Waals surface area contributed by atoms with E-state index in [2.05, 4.69) is 12.2 Å². The molecular weight excluding hydrogens is 392 g/mol. The number of hydrogen-bond donors (Lipinski definition) is 3. The Kier molecular flexibility index (Phi) is 4.71. The van der Waals surface area contributed by atoms with Gasteiger partial charge in [0.1, 0.15) is 4.90 Å². The summed E-state index contributed by atoms with van der Waals surface area (Å²) in [5.41, 5.74) is 6.11. The fourth-order valence-corrected chi connectivity index (χ4v) is 4.89. The zero-order valence-electron chi connectivity index (χ0n) is 15.9. The summed E-state index contributed by atoms with van der Waals surface area (Å²) in [5, 5.41) is 3.25. The van der Waals surface area contributed by atoms with Gasteiger partial charge in [0, 0.05) is 22.9 Å². The van der Waals surface area contributed by atoms with Crippen LogP contribution in [0.15, 0.2) is 35.2 Å². The largest absolute Gasteiger partial charge is 0.397 e. The van der Waals surface area contributed by atoms with Crippen molar-refractivity contribution in [3.8, 4) is 0 Å². The second-order valence-corrected chi connectivity index (χ2v) is 9.26. The molecule has 0 aliphatic heterocycles. The summed E-state index contributed by atoms with van der Waals surface area (Å²) in [5.74, 6) is -0.314. The second kappa shape index (κ2) is 6.96. The van der Waals surface area contributed by atoms with Gasteiger partial charge in [-0.2, -0.15) is 8.42 Å². The van der Waals surface area contributed by atoms with Gasteiger partial charge < -0.3 is 11.1 Å². The van der Waals surface area contributed by atoms with Gasteiger partial charge in [-0.25, -0.2) is 0 Å². The number of carbonyl (C=O) groups excluding carboxylic acids is 2. The van der Waals surface area contributed by atoms with Crippen molar-refractivity contribution in [1.82, 2.24) is 0 Å². The maximum Gasteiger partial charge on any atom is 0.296 e. The molecular formula is C21H22N2O5S. The smallest absolute Gasteiger partial charge is 0.296 e. The molecule has 0 aromatic heterocycles. The van der Waals surface area contributed by atoms with E-state index in [1.165, 1.54) is 12.1 Å². The first-order chi connectivity index (χ1) is 13.7. The Labute approximate surface area is 169 Å². The van der Waals surface area contributed by atoms with Crippen LogP contribution >= 0.6 is 0 Å². The van der Waals surface area contributed by atoms with Gasteiger partial charge in [-0.05, 0) is 37.7 Å². The molecule has 2 aliphatic carbocycles. The van der Waals surface area contributed by atoms with Crippen molar-refractivity contribution >= 4 is 33.1 Å². The van der Waals surface area contributed by atoms with E-state index in [1.807, 2.05) is 0 Å². The highest BCUT2D eigenvalue weighted by Crippen LogP contribution is 2.40. The van der Waals surface area contributed by atoms with Crippen LogP contribution in [0.5, 0.6) is 0 Å². The van der Waals surface area contributed by atoms with Crippen LogP contribution in [0.1, 0.15) is 64.4 Å². The average molecular weight is 414 g/mol. The highest BCUT2D eigenvalue weighted by molar-refractivity contribution is 7.86.